The number of aromatic nitrogens is 2. The van der Waals surface area contributed by atoms with Crippen LogP contribution in [0.2, 0.25) is 0 Å². The Hall–Kier alpha value is -1.66. The van der Waals surface area contributed by atoms with Crippen molar-refractivity contribution in [3.05, 3.63) is 24.0 Å². The second kappa shape index (κ2) is 5.99. The van der Waals surface area contributed by atoms with Gasteiger partial charge in [0.1, 0.15) is 5.52 Å². The maximum atomic E-state index is 13.6. The van der Waals surface area contributed by atoms with Crippen LogP contribution in [0.15, 0.2) is 18.2 Å². The number of anilines is 1. The van der Waals surface area contributed by atoms with Crippen LogP contribution in [0.1, 0.15) is 0 Å². The molecule has 0 amide bonds. The van der Waals surface area contributed by atoms with Crippen LogP contribution in [0.25, 0.3) is 11.0 Å². The molecule has 1 heterocycles. The SMILES string of the molecule is COCCN(C)CCn1c(N)nc2c(F)cccc21. The zero-order chi connectivity index (χ0) is 13.8. The molecule has 2 N–H and O–H groups in total. The predicted octanol–water partition coefficient (Wildman–Crippen LogP) is 1.34. The number of hydrogen-bond acceptors (Lipinski definition) is 4. The molecule has 6 heteroatoms. The molecule has 0 aliphatic rings. The van der Waals surface area contributed by atoms with Gasteiger partial charge in [-0.1, -0.05) is 6.07 Å². The van der Waals surface area contributed by atoms with E-state index in [0.717, 1.165) is 18.6 Å². The minimum Gasteiger partial charge on any atom is -0.383 e. The van der Waals surface area contributed by atoms with Crippen molar-refractivity contribution in [3.8, 4) is 0 Å². The summed E-state index contributed by atoms with van der Waals surface area (Å²) in [6.07, 6.45) is 0. The third-order valence-corrected chi connectivity index (χ3v) is 3.14. The summed E-state index contributed by atoms with van der Waals surface area (Å²) in [4.78, 5) is 6.21. The second-order valence-electron chi connectivity index (χ2n) is 4.53. The highest BCUT2D eigenvalue weighted by atomic mass is 19.1. The van der Waals surface area contributed by atoms with Crippen LogP contribution in [0.5, 0.6) is 0 Å². The van der Waals surface area contributed by atoms with Gasteiger partial charge in [0.2, 0.25) is 5.95 Å². The number of imidazole rings is 1. The monoisotopic (exact) mass is 266 g/mol. The number of nitrogens with zero attached hydrogens (tertiary/aromatic N) is 3. The fourth-order valence-electron chi connectivity index (χ4n) is 2.00. The number of nitrogens with two attached hydrogens (primary N) is 1. The number of nitrogen functional groups attached to an aromatic ring is 1. The first-order valence-electron chi connectivity index (χ1n) is 6.21. The number of likely N-dealkylation sites (N-methyl/N-ethyl adjacent to an activating group) is 1. The van der Waals surface area contributed by atoms with Crippen molar-refractivity contribution >= 4 is 17.0 Å². The largest absolute Gasteiger partial charge is 0.383 e. The zero-order valence-corrected chi connectivity index (χ0v) is 11.3. The lowest BCUT2D eigenvalue weighted by molar-refractivity contribution is 0.159. The van der Waals surface area contributed by atoms with Gasteiger partial charge in [-0.2, -0.15) is 0 Å². The zero-order valence-electron chi connectivity index (χ0n) is 11.3. The van der Waals surface area contributed by atoms with Crippen molar-refractivity contribution in [3.63, 3.8) is 0 Å². The molecule has 1 aromatic heterocycles. The highest BCUT2D eigenvalue weighted by molar-refractivity contribution is 5.78. The maximum absolute atomic E-state index is 13.6. The van der Waals surface area contributed by atoms with Gasteiger partial charge in [-0.3, -0.25) is 0 Å². The highest BCUT2D eigenvalue weighted by Gasteiger charge is 2.11. The van der Waals surface area contributed by atoms with Crippen LogP contribution < -0.4 is 5.73 Å². The van der Waals surface area contributed by atoms with Gasteiger partial charge in [-0.05, 0) is 19.2 Å². The lowest BCUT2D eigenvalue weighted by Gasteiger charge is -2.16. The molecule has 0 unspecified atom stereocenters. The average Bonchev–Trinajstić information content (AvgIpc) is 2.71. The molecule has 0 bridgehead atoms. The molecule has 0 spiro atoms. The number of halogens is 1. The van der Waals surface area contributed by atoms with E-state index < -0.39 is 0 Å². The number of ether oxygens (including phenoxy) is 1. The molecule has 0 aliphatic heterocycles. The number of hydrogen-bond donors (Lipinski definition) is 1. The van der Waals surface area contributed by atoms with Gasteiger partial charge < -0.3 is 19.9 Å². The van der Waals surface area contributed by atoms with E-state index in [-0.39, 0.29) is 5.82 Å². The van der Waals surface area contributed by atoms with Crippen LogP contribution in [-0.4, -0.2) is 48.3 Å². The molecular weight excluding hydrogens is 247 g/mol. The molecule has 104 valence electrons. The number of fused-ring (bicyclic) bond motifs is 1. The van der Waals surface area contributed by atoms with Crippen molar-refractivity contribution < 1.29 is 9.13 Å². The fraction of sp³-hybridized carbons (Fsp3) is 0.462. The van der Waals surface area contributed by atoms with E-state index in [2.05, 4.69) is 9.88 Å². The molecule has 0 fully saturated rings. The standard InChI is InChI=1S/C13H19FN4O/c1-17(8-9-19-2)6-7-18-11-5-3-4-10(14)12(11)16-13(18)15/h3-5H,6-9H2,1-2H3,(H2,15,16). The minimum atomic E-state index is -0.337. The molecule has 2 rings (SSSR count). The van der Waals surface area contributed by atoms with Crippen molar-refractivity contribution in [1.82, 2.24) is 14.5 Å². The Labute approximate surface area is 111 Å². The molecule has 0 saturated carbocycles. The topological polar surface area (TPSA) is 56.3 Å². The lowest BCUT2D eigenvalue weighted by atomic mass is 10.3. The minimum absolute atomic E-state index is 0.333. The summed E-state index contributed by atoms with van der Waals surface area (Å²) in [6, 6.07) is 4.89. The van der Waals surface area contributed by atoms with Gasteiger partial charge >= 0.3 is 0 Å². The summed E-state index contributed by atoms with van der Waals surface area (Å²) in [5, 5.41) is 0. The van der Waals surface area contributed by atoms with Crippen molar-refractivity contribution in [2.24, 2.45) is 0 Å². The third-order valence-electron chi connectivity index (χ3n) is 3.14. The molecular formula is C13H19FN4O. The van der Waals surface area contributed by atoms with Gasteiger partial charge in [0, 0.05) is 26.7 Å². The Morgan fingerprint density at radius 1 is 1.42 bits per heavy atom. The summed E-state index contributed by atoms with van der Waals surface area (Å²) >= 11 is 0. The molecule has 0 aliphatic carbocycles. The summed E-state index contributed by atoms with van der Waals surface area (Å²) in [5.41, 5.74) is 6.92. The van der Waals surface area contributed by atoms with Crippen molar-refractivity contribution in [2.75, 3.05) is 39.6 Å². The number of methoxy groups -OCH3 is 1. The quantitative estimate of drug-likeness (QED) is 0.857. The van der Waals surface area contributed by atoms with E-state index in [4.69, 9.17) is 10.5 Å². The van der Waals surface area contributed by atoms with Gasteiger partial charge in [0.05, 0.1) is 12.1 Å². The maximum Gasteiger partial charge on any atom is 0.201 e. The molecule has 0 saturated heterocycles. The first kappa shape index (κ1) is 13.8. The lowest BCUT2D eigenvalue weighted by Crippen LogP contribution is -2.27. The van der Waals surface area contributed by atoms with E-state index in [1.54, 1.807) is 13.2 Å². The van der Waals surface area contributed by atoms with E-state index >= 15 is 0 Å². The van der Waals surface area contributed by atoms with E-state index in [1.807, 2.05) is 17.7 Å². The fourth-order valence-corrected chi connectivity index (χ4v) is 2.00. The Kier molecular flexibility index (Phi) is 4.34. The molecule has 0 atom stereocenters. The molecule has 19 heavy (non-hydrogen) atoms. The summed E-state index contributed by atoms with van der Waals surface area (Å²) in [7, 11) is 3.69. The van der Waals surface area contributed by atoms with Gasteiger partial charge in [-0.15, -0.1) is 0 Å². The molecule has 5 nitrogen and oxygen atoms in total. The first-order chi connectivity index (χ1) is 9.13. The van der Waals surface area contributed by atoms with Crippen LogP contribution >= 0.6 is 0 Å². The molecule has 0 radical (unpaired) electrons. The van der Waals surface area contributed by atoms with E-state index in [9.17, 15) is 4.39 Å². The summed E-state index contributed by atoms with van der Waals surface area (Å²) in [6.45, 7) is 3.00. The third kappa shape index (κ3) is 3.02. The second-order valence-corrected chi connectivity index (χ2v) is 4.53. The van der Waals surface area contributed by atoms with Crippen LogP contribution in [0.3, 0.4) is 0 Å². The van der Waals surface area contributed by atoms with Gasteiger partial charge in [0.15, 0.2) is 5.82 Å². The van der Waals surface area contributed by atoms with Gasteiger partial charge in [-0.25, -0.2) is 9.37 Å². The smallest absolute Gasteiger partial charge is 0.201 e. The highest BCUT2D eigenvalue weighted by Crippen LogP contribution is 2.20. The van der Waals surface area contributed by atoms with Crippen LogP contribution in [0.4, 0.5) is 10.3 Å². The normalized spacial score (nSPS) is 11.6. The van der Waals surface area contributed by atoms with Gasteiger partial charge in [0.25, 0.3) is 0 Å². The van der Waals surface area contributed by atoms with Crippen molar-refractivity contribution in [2.45, 2.75) is 6.54 Å². The first-order valence-corrected chi connectivity index (χ1v) is 6.21. The predicted molar refractivity (Wildman–Crippen MR) is 73.5 cm³/mol. The Balaban J connectivity index is 2.12. The molecule has 2 aromatic rings. The Bertz CT molecular complexity index is 555. The number of rotatable bonds is 6. The Morgan fingerprint density at radius 2 is 2.21 bits per heavy atom. The Morgan fingerprint density at radius 3 is 2.95 bits per heavy atom. The van der Waals surface area contributed by atoms with Crippen LogP contribution in [0, 0.1) is 5.82 Å². The summed E-state index contributed by atoms with van der Waals surface area (Å²) < 4.78 is 20.4. The molecule has 1 aromatic carbocycles. The summed E-state index contributed by atoms with van der Waals surface area (Å²) in [5.74, 6) is 0.0101. The number of benzene rings is 1. The number of para-hydroxylation sites is 1. The van der Waals surface area contributed by atoms with E-state index in [0.29, 0.717) is 24.6 Å². The van der Waals surface area contributed by atoms with Crippen molar-refractivity contribution in [1.29, 1.82) is 0 Å². The van der Waals surface area contributed by atoms with Crippen LogP contribution in [-0.2, 0) is 11.3 Å². The average molecular weight is 266 g/mol. The van der Waals surface area contributed by atoms with E-state index in [1.165, 1.54) is 6.07 Å².